The second-order valence-electron chi connectivity index (χ2n) is 6.18. The Kier molecular flexibility index (Phi) is 4.57. The van der Waals surface area contributed by atoms with Crippen LogP contribution in [-0.4, -0.2) is 38.2 Å². The molecule has 1 aliphatic rings. The molecule has 4 rings (SSSR count). The number of ether oxygens (including phenoxy) is 1. The maximum atomic E-state index is 13.0. The van der Waals surface area contributed by atoms with Crippen LogP contribution in [0.5, 0.6) is 5.75 Å². The number of aliphatic carboxylic acids is 1. The summed E-state index contributed by atoms with van der Waals surface area (Å²) < 4.78 is 7.68. The first-order valence-corrected chi connectivity index (χ1v) is 9.17. The first-order chi connectivity index (χ1) is 13.5. The normalized spacial score (nSPS) is 12.9. The number of aromatic hydroxyl groups is 1. The molecule has 3 aromatic rings. The lowest BCUT2D eigenvalue weighted by atomic mass is 10.1. The van der Waals surface area contributed by atoms with Gasteiger partial charge >= 0.3 is 5.97 Å². The average Bonchev–Trinajstić information content (AvgIpc) is 3.30. The van der Waals surface area contributed by atoms with Crippen molar-refractivity contribution in [3.8, 4) is 5.75 Å². The van der Waals surface area contributed by atoms with E-state index in [1.807, 2.05) is 24.3 Å². The zero-order valence-electron chi connectivity index (χ0n) is 14.5. The summed E-state index contributed by atoms with van der Waals surface area (Å²) in [4.78, 5) is 40.5. The number of fused-ring (bicyclic) bond motifs is 2. The highest BCUT2D eigenvalue weighted by Crippen LogP contribution is 2.31. The Morgan fingerprint density at radius 3 is 2.82 bits per heavy atom. The molecule has 28 heavy (non-hydrogen) atoms. The third-order valence-corrected chi connectivity index (χ3v) is 5.42. The smallest absolute Gasteiger partial charge is 0.322 e. The van der Waals surface area contributed by atoms with Crippen molar-refractivity contribution >= 4 is 33.4 Å². The number of carbonyl (C=O) groups is 2. The largest absolute Gasteiger partial charge is 0.506 e. The monoisotopic (exact) mass is 401 g/mol. The highest BCUT2D eigenvalue weighted by Gasteiger charge is 2.29. The molecule has 0 saturated carbocycles. The number of carbonyl (C=O) groups excluding carboxylic acids is 1. The molecule has 1 amide bonds. The predicted molar refractivity (Wildman–Crippen MR) is 99.6 cm³/mol. The van der Waals surface area contributed by atoms with Crippen molar-refractivity contribution < 1.29 is 24.5 Å². The van der Waals surface area contributed by atoms with E-state index < -0.39 is 35.3 Å². The van der Waals surface area contributed by atoms with Gasteiger partial charge in [-0.15, -0.1) is 11.3 Å². The van der Waals surface area contributed by atoms with Gasteiger partial charge in [0.1, 0.15) is 22.9 Å². The van der Waals surface area contributed by atoms with E-state index in [1.165, 1.54) is 15.9 Å². The number of para-hydroxylation sites is 1. The summed E-state index contributed by atoms with van der Waals surface area (Å²) in [6.45, 7) is -0.368. The topological polar surface area (TPSA) is 131 Å². The van der Waals surface area contributed by atoms with Crippen LogP contribution in [0, 0.1) is 0 Å². The highest BCUT2D eigenvalue weighted by atomic mass is 32.1. The second kappa shape index (κ2) is 7.06. The number of hydrogen-bond donors (Lipinski definition) is 3. The van der Waals surface area contributed by atoms with Crippen molar-refractivity contribution in [3.05, 3.63) is 56.4 Å². The van der Waals surface area contributed by atoms with Crippen LogP contribution in [0.1, 0.15) is 26.6 Å². The lowest BCUT2D eigenvalue weighted by Crippen LogP contribution is -2.37. The molecular weight excluding hydrogens is 386 g/mol. The summed E-state index contributed by atoms with van der Waals surface area (Å²) >= 11 is 1.43. The molecule has 3 N–H and O–H groups in total. The van der Waals surface area contributed by atoms with E-state index in [0.29, 0.717) is 16.3 Å². The van der Waals surface area contributed by atoms with Gasteiger partial charge in [0.05, 0.1) is 35.7 Å². The number of nitrogens with zero attached hydrogens (tertiary/aromatic N) is 2. The minimum Gasteiger partial charge on any atom is -0.506 e. The van der Waals surface area contributed by atoms with Gasteiger partial charge in [-0.1, -0.05) is 12.1 Å². The molecule has 3 heterocycles. The van der Waals surface area contributed by atoms with Gasteiger partial charge in [-0.05, 0) is 12.1 Å². The Hall–Kier alpha value is -3.24. The van der Waals surface area contributed by atoms with E-state index in [9.17, 15) is 19.5 Å². The zero-order valence-corrected chi connectivity index (χ0v) is 15.3. The molecule has 1 aliphatic heterocycles. The lowest BCUT2D eigenvalue weighted by molar-refractivity contribution is -0.135. The molecule has 0 aliphatic carbocycles. The number of nitrogens with one attached hydrogen (secondary N) is 1. The van der Waals surface area contributed by atoms with Crippen LogP contribution < -0.4 is 10.9 Å². The van der Waals surface area contributed by atoms with Crippen molar-refractivity contribution in [1.29, 1.82) is 0 Å². The Balaban J connectivity index is 1.79. The molecule has 0 saturated heterocycles. The minimum atomic E-state index is -1.26. The molecule has 0 spiro atoms. The van der Waals surface area contributed by atoms with Crippen LogP contribution in [-0.2, 0) is 29.3 Å². The van der Waals surface area contributed by atoms with Gasteiger partial charge in [-0.25, -0.2) is 4.98 Å². The third kappa shape index (κ3) is 3.12. The van der Waals surface area contributed by atoms with Gasteiger partial charge in [-0.2, -0.15) is 0 Å². The first kappa shape index (κ1) is 18.1. The van der Waals surface area contributed by atoms with Crippen molar-refractivity contribution in [2.45, 2.75) is 19.8 Å². The van der Waals surface area contributed by atoms with Crippen LogP contribution in [0.15, 0.2) is 29.1 Å². The predicted octanol–water partition coefficient (Wildman–Crippen LogP) is 1.06. The molecule has 2 aromatic heterocycles. The van der Waals surface area contributed by atoms with Crippen LogP contribution in [0.2, 0.25) is 0 Å². The summed E-state index contributed by atoms with van der Waals surface area (Å²) in [7, 11) is 0. The van der Waals surface area contributed by atoms with Gasteiger partial charge in [0.15, 0.2) is 0 Å². The second-order valence-corrected chi connectivity index (χ2v) is 7.30. The number of carboxylic acids is 1. The number of thiazole rings is 1. The van der Waals surface area contributed by atoms with Crippen molar-refractivity contribution in [2.75, 3.05) is 6.54 Å². The first-order valence-electron chi connectivity index (χ1n) is 8.35. The van der Waals surface area contributed by atoms with Gasteiger partial charge in [-0.3, -0.25) is 14.4 Å². The number of aromatic nitrogens is 2. The zero-order chi connectivity index (χ0) is 19.8. The fraction of sp³-hybridized carbons (Fsp3) is 0.222. The van der Waals surface area contributed by atoms with Crippen LogP contribution in [0.25, 0.3) is 10.2 Å². The molecule has 0 unspecified atom stereocenters. The van der Waals surface area contributed by atoms with E-state index in [0.717, 1.165) is 10.2 Å². The number of amides is 1. The minimum absolute atomic E-state index is 0.0561. The maximum Gasteiger partial charge on any atom is 0.322 e. The molecule has 144 valence electrons. The number of rotatable bonds is 5. The van der Waals surface area contributed by atoms with Crippen LogP contribution in [0.4, 0.5) is 0 Å². The highest BCUT2D eigenvalue weighted by molar-refractivity contribution is 7.18. The third-order valence-electron chi connectivity index (χ3n) is 4.40. The van der Waals surface area contributed by atoms with Crippen LogP contribution >= 0.6 is 11.3 Å². The SMILES string of the molecule is O=C(O)CNC(=O)c1c(O)c2c(n(Cc3nc4ccccc4s3)c1=O)COC2. The molecule has 10 heteroatoms. The number of pyridine rings is 1. The van der Waals surface area contributed by atoms with Gasteiger partial charge in [0, 0.05) is 5.56 Å². The maximum absolute atomic E-state index is 13.0. The van der Waals surface area contributed by atoms with E-state index >= 15 is 0 Å². The van der Waals surface area contributed by atoms with Crippen LogP contribution in [0.3, 0.4) is 0 Å². The molecule has 0 bridgehead atoms. The summed E-state index contributed by atoms with van der Waals surface area (Å²) in [6.07, 6.45) is 0. The quantitative estimate of drug-likeness (QED) is 0.582. The molecule has 0 atom stereocenters. The average molecular weight is 401 g/mol. The van der Waals surface area contributed by atoms with Gasteiger partial charge in [0.2, 0.25) is 0 Å². The molecule has 9 nitrogen and oxygen atoms in total. The van der Waals surface area contributed by atoms with E-state index in [1.54, 1.807) is 0 Å². The van der Waals surface area contributed by atoms with E-state index in [-0.39, 0.29) is 19.8 Å². The standard InChI is InChI=1S/C18H15N3O6S/c22-14(23)5-19-17(25)15-16(24)9-7-27-8-11(9)21(18(15)26)6-13-20-10-3-1-2-4-12(10)28-13/h1-4,24H,5-8H2,(H,19,25)(H,22,23). The summed E-state index contributed by atoms with van der Waals surface area (Å²) in [5.41, 5.74) is 0.426. The molecule has 1 aromatic carbocycles. The van der Waals surface area contributed by atoms with Crippen molar-refractivity contribution in [3.63, 3.8) is 0 Å². The fourth-order valence-corrected chi connectivity index (χ4v) is 4.07. The Morgan fingerprint density at radius 2 is 2.07 bits per heavy atom. The lowest BCUT2D eigenvalue weighted by Gasteiger charge is -2.14. The van der Waals surface area contributed by atoms with Gasteiger partial charge < -0.3 is 24.8 Å². The Bertz CT molecular complexity index is 1130. The Morgan fingerprint density at radius 1 is 1.29 bits per heavy atom. The molecule has 0 radical (unpaired) electrons. The Labute approximate surface area is 161 Å². The number of carboxylic acid groups (broad SMARTS) is 1. The van der Waals surface area contributed by atoms with E-state index in [4.69, 9.17) is 9.84 Å². The summed E-state index contributed by atoms with van der Waals surface area (Å²) in [5, 5.41) is 21.9. The molecular formula is C18H15N3O6S. The fourth-order valence-electron chi connectivity index (χ4n) is 3.11. The van der Waals surface area contributed by atoms with Crippen molar-refractivity contribution in [2.24, 2.45) is 0 Å². The van der Waals surface area contributed by atoms with E-state index in [2.05, 4.69) is 10.3 Å². The van der Waals surface area contributed by atoms with Crippen molar-refractivity contribution in [1.82, 2.24) is 14.9 Å². The number of benzene rings is 1. The molecule has 0 fully saturated rings. The number of hydrogen-bond acceptors (Lipinski definition) is 7. The summed E-state index contributed by atoms with van der Waals surface area (Å²) in [5.74, 6) is -2.68. The summed E-state index contributed by atoms with van der Waals surface area (Å²) in [6, 6.07) is 7.56. The van der Waals surface area contributed by atoms with Gasteiger partial charge in [0.25, 0.3) is 11.5 Å².